The first-order valence-electron chi connectivity index (χ1n) is 6.31. The predicted octanol–water partition coefficient (Wildman–Crippen LogP) is 3.81. The first kappa shape index (κ1) is 12.9. The van der Waals surface area contributed by atoms with Crippen molar-refractivity contribution in [3.63, 3.8) is 0 Å². The standard InChI is InChI=1S/C15H21NO2/c1-10-13(15(2,3)4)14(18-10)16-11-6-8-12(17-5)9-7-11/h6-10,13H,1-5H3/t10-,13-/m1/s1. The Kier molecular flexibility index (Phi) is 3.33. The topological polar surface area (TPSA) is 30.8 Å². The van der Waals surface area contributed by atoms with Crippen LogP contribution in [0.4, 0.5) is 5.69 Å². The van der Waals surface area contributed by atoms with Crippen LogP contribution >= 0.6 is 0 Å². The molecular weight excluding hydrogens is 226 g/mol. The van der Waals surface area contributed by atoms with Crippen molar-refractivity contribution in [2.45, 2.75) is 33.8 Å². The molecule has 98 valence electrons. The third-order valence-corrected chi connectivity index (χ3v) is 3.29. The van der Waals surface area contributed by atoms with Gasteiger partial charge in [-0.1, -0.05) is 20.8 Å². The third-order valence-electron chi connectivity index (χ3n) is 3.29. The van der Waals surface area contributed by atoms with Crippen molar-refractivity contribution in [3.05, 3.63) is 24.3 Å². The molecule has 1 aromatic carbocycles. The number of hydrogen-bond donors (Lipinski definition) is 0. The number of benzene rings is 1. The molecule has 1 aliphatic heterocycles. The van der Waals surface area contributed by atoms with Crippen molar-refractivity contribution in [1.29, 1.82) is 0 Å². The van der Waals surface area contributed by atoms with Crippen LogP contribution in [0.3, 0.4) is 0 Å². The second-order valence-electron chi connectivity index (χ2n) is 5.81. The number of ether oxygens (including phenoxy) is 2. The highest BCUT2D eigenvalue weighted by molar-refractivity contribution is 5.87. The lowest BCUT2D eigenvalue weighted by Gasteiger charge is -2.44. The molecule has 3 heteroatoms. The lowest BCUT2D eigenvalue weighted by Crippen LogP contribution is -2.50. The van der Waals surface area contributed by atoms with Crippen LogP contribution in [0.2, 0.25) is 0 Å². The van der Waals surface area contributed by atoms with Gasteiger partial charge in [-0.3, -0.25) is 0 Å². The predicted molar refractivity (Wildman–Crippen MR) is 73.6 cm³/mol. The van der Waals surface area contributed by atoms with Crippen molar-refractivity contribution in [1.82, 2.24) is 0 Å². The molecular formula is C15H21NO2. The molecule has 1 aliphatic rings. The minimum absolute atomic E-state index is 0.184. The van der Waals surface area contributed by atoms with Crippen LogP contribution in [0.1, 0.15) is 27.7 Å². The van der Waals surface area contributed by atoms with Gasteiger partial charge in [0, 0.05) is 0 Å². The summed E-state index contributed by atoms with van der Waals surface area (Å²) in [6.45, 7) is 8.77. The van der Waals surface area contributed by atoms with Gasteiger partial charge in [-0.25, -0.2) is 4.99 Å². The second kappa shape index (κ2) is 4.63. The van der Waals surface area contributed by atoms with Crippen LogP contribution in [-0.2, 0) is 4.74 Å². The molecule has 18 heavy (non-hydrogen) atoms. The summed E-state index contributed by atoms with van der Waals surface area (Å²) in [7, 11) is 1.66. The molecule has 1 aromatic rings. The fraction of sp³-hybridized carbons (Fsp3) is 0.533. The summed E-state index contributed by atoms with van der Waals surface area (Å²) in [6.07, 6.45) is 0.252. The molecule has 1 heterocycles. The van der Waals surface area contributed by atoms with Crippen molar-refractivity contribution >= 4 is 11.6 Å². The minimum Gasteiger partial charge on any atom is -0.497 e. The van der Waals surface area contributed by atoms with Gasteiger partial charge in [-0.05, 0) is 36.6 Å². The van der Waals surface area contributed by atoms with Crippen LogP contribution in [-0.4, -0.2) is 19.1 Å². The molecule has 0 bridgehead atoms. The Balaban J connectivity index is 2.18. The van der Waals surface area contributed by atoms with Gasteiger partial charge in [0.1, 0.15) is 11.9 Å². The van der Waals surface area contributed by atoms with Crippen molar-refractivity contribution in [3.8, 4) is 5.75 Å². The van der Waals surface area contributed by atoms with Crippen molar-refractivity contribution in [2.75, 3.05) is 7.11 Å². The Morgan fingerprint density at radius 1 is 1.17 bits per heavy atom. The molecule has 0 N–H and O–H groups in total. The number of hydrogen-bond acceptors (Lipinski definition) is 3. The normalized spacial score (nSPS) is 25.5. The maximum Gasteiger partial charge on any atom is 0.196 e. The van der Waals surface area contributed by atoms with E-state index in [0.717, 1.165) is 17.3 Å². The number of nitrogens with zero attached hydrogens (tertiary/aromatic N) is 1. The monoisotopic (exact) mass is 247 g/mol. The first-order valence-corrected chi connectivity index (χ1v) is 6.31. The highest BCUT2D eigenvalue weighted by Crippen LogP contribution is 2.39. The molecule has 0 saturated carbocycles. The Hall–Kier alpha value is -1.51. The fourth-order valence-electron chi connectivity index (χ4n) is 2.41. The van der Waals surface area contributed by atoms with E-state index in [1.54, 1.807) is 7.11 Å². The van der Waals surface area contributed by atoms with E-state index in [2.05, 4.69) is 32.7 Å². The van der Waals surface area contributed by atoms with Gasteiger partial charge in [-0.2, -0.15) is 0 Å². The summed E-state index contributed by atoms with van der Waals surface area (Å²) in [5.74, 6) is 2.08. The van der Waals surface area contributed by atoms with Gasteiger partial charge in [0.25, 0.3) is 0 Å². The maximum atomic E-state index is 5.66. The Morgan fingerprint density at radius 3 is 2.22 bits per heavy atom. The zero-order valence-electron chi connectivity index (χ0n) is 11.7. The smallest absolute Gasteiger partial charge is 0.196 e. The van der Waals surface area contributed by atoms with Gasteiger partial charge >= 0.3 is 0 Å². The van der Waals surface area contributed by atoms with E-state index in [9.17, 15) is 0 Å². The molecule has 1 saturated heterocycles. The highest BCUT2D eigenvalue weighted by Gasteiger charge is 2.44. The van der Waals surface area contributed by atoms with Crippen molar-refractivity contribution < 1.29 is 9.47 Å². The summed E-state index contributed by atoms with van der Waals surface area (Å²) in [6, 6.07) is 7.71. The summed E-state index contributed by atoms with van der Waals surface area (Å²) in [5, 5.41) is 0. The van der Waals surface area contributed by atoms with E-state index < -0.39 is 0 Å². The van der Waals surface area contributed by atoms with Gasteiger partial charge < -0.3 is 9.47 Å². The molecule has 0 radical (unpaired) electrons. The van der Waals surface area contributed by atoms with E-state index in [4.69, 9.17) is 9.47 Å². The average molecular weight is 247 g/mol. The van der Waals surface area contributed by atoms with Crippen LogP contribution < -0.4 is 4.74 Å². The maximum absolute atomic E-state index is 5.66. The fourth-order valence-corrected chi connectivity index (χ4v) is 2.41. The molecule has 0 amide bonds. The highest BCUT2D eigenvalue weighted by atomic mass is 16.5. The molecule has 1 fully saturated rings. The first-order chi connectivity index (χ1) is 8.41. The Morgan fingerprint density at radius 2 is 1.78 bits per heavy atom. The zero-order valence-corrected chi connectivity index (χ0v) is 11.7. The molecule has 0 unspecified atom stereocenters. The largest absolute Gasteiger partial charge is 0.497 e. The number of rotatable bonds is 2. The molecule has 0 aliphatic carbocycles. The molecule has 0 spiro atoms. The van der Waals surface area contributed by atoms with E-state index in [0.29, 0.717) is 5.92 Å². The molecule has 0 aromatic heterocycles. The van der Waals surface area contributed by atoms with E-state index >= 15 is 0 Å². The Labute approximate surface area is 109 Å². The van der Waals surface area contributed by atoms with E-state index in [1.807, 2.05) is 24.3 Å². The van der Waals surface area contributed by atoms with Crippen LogP contribution in [0, 0.1) is 11.3 Å². The summed E-state index contributed by atoms with van der Waals surface area (Å²) < 4.78 is 10.8. The Bertz CT molecular complexity index is 443. The average Bonchev–Trinajstić information content (AvgIpc) is 2.26. The summed E-state index contributed by atoms with van der Waals surface area (Å²) in [5.41, 5.74) is 1.09. The van der Waals surface area contributed by atoms with Gasteiger partial charge in [0.05, 0.1) is 18.7 Å². The van der Waals surface area contributed by atoms with E-state index in [-0.39, 0.29) is 11.5 Å². The van der Waals surface area contributed by atoms with Gasteiger partial charge in [0.15, 0.2) is 5.90 Å². The third kappa shape index (κ3) is 2.50. The van der Waals surface area contributed by atoms with Gasteiger partial charge in [-0.15, -0.1) is 0 Å². The number of methoxy groups -OCH3 is 1. The van der Waals surface area contributed by atoms with Crippen LogP contribution in [0.25, 0.3) is 0 Å². The quantitative estimate of drug-likeness (QED) is 0.795. The van der Waals surface area contributed by atoms with Crippen molar-refractivity contribution in [2.24, 2.45) is 16.3 Å². The second-order valence-corrected chi connectivity index (χ2v) is 5.81. The van der Waals surface area contributed by atoms with Crippen LogP contribution in [0.5, 0.6) is 5.75 Å². The lowest BCUT2D eigenvalue weighted by molar-refractivity contribution is 0.0142. The van der Waals surface area contributed by atoms with E-state index in [1.165, 1.54) is 0 Å². The lowest BCUT2D eigenvalue weighted by atomic mass is 9.74. The molecule has 2 atom stereocenters. The molecule has 3 nitrogen and oxygen atoms in total. The SMILES string of the molecule is COc1ccc(N=C2O[C@H](C)[C@H]2C(C)(C)C)cc1. The van der Waals surface area contributed by atoms with Gasteiger partial charge in [0.2, 0.25) is 0 Å². The van der Waals surface area contributed by atoms with Crippen LogP contribution in [0.15, 0.2) is 29.3 Å². The minimum atomic E-state index is 0.184. The summed E-state index contributed by atoms with van der Waals surface area (Å²) >= 11 is 0. The zero-order chi connectivity index (χ0) is 13.3. The summed E-state index contributed by atoms with van der Waals surface area (Å²) in [4.78, 5) is 4.58. The number of aliphatic imine (C=N–C) groups is 1. The molecule has 2 rings (SSSR count).